The van der Waals surface area contributed by atoms with E-state index in [4.69, 9.17) is 5.11 Å². The lowest BCUT2D eigenvalue weighted by Crippen LogP contribution is -2.10. The number of carbonyl (C=O) groups is 2. The number of rotatable bonds is 2. The van der Waals surface area contributed by atoms with E-state index in [0.29, 0.717) is 0 Å². The van der Waals surface area contributed by atoms with Gasteiger partial charge < -0.3 is 14.6 Å². The van der Waals surface area contributed by atoms with Crippen LogP contribution in [0.1, 0.15) is 13.3 Å². The van der Waals surface area contributed by atoms with Gasteiger partial charge in [-0.05, 0) is 6.92 Å². The largest absolute Gasteiger partial charge is 0.502 e. The summed E-state index contributed by atoms with van der Waals surface area (Å²) in [4.78, 5) is 21.6. The summed E-state index contributed by atoms with van der Waals surface area (Å²) < 4.78 is 9.05. The van der Waals surface area contributed by atoms with Crippen molar-refractivity contribution in [3.8, 4) is 0 Å². The molecule has 0 fully saturated rings. The normalized spacial score (nSPS) is 21.7. The lowest BCUT2D eigenvalue weighted by atomic mass is 10.1. The van der Waals surface area contributed by atoms with E-state index in [1.807, 2.05) is 0 Å². The number of methoxy groups -OCH3 is 1. The average molecular weight is 186 g/mol. The van der Waals surface area contributed by atoms with Crippen LogP contribution in [-0.2, 0) is 19.1 Å². The van der Waals surface area contributed by atoms with Gasteiger partial charge in [-0.2, -0.15) is 0 Å². The Bertz CT molecular complexity index is 278. The molecule has 0 aromatic rings. The fraction of sp³-hybridized carbons (Fsp3) is 0.500. The fourth-order valence-electron chi connectivity index (χ4n) is 1.07. The van der Waals surface area contributed by atoms with Crippen LogP contribution in [0.2, 0.25) is 0 Å². The number of ether oxygens (including phenoxy) is 2. The number of aliphatic hydroxyl groups is 1. The van der Waals surface area contributed by atoms with Gasteiger partial charge in [-0.25, -0.2) is 4.79 Å². The smallest absolute Gasteiger partial charge is 0.374 e. The number of esters is 2. The van der Waals surface area contributed by atoms with Gasteiger partial charge in [0, 0.05) is 5.57 Å². The van der Waals surface area contributed by atoms with Crippen LogP contribution in [0, 0.1) is 0 Å². The van der Waals surface area contributed by atoms with Crippen LogP contribution >= 0.6 is 0 Å². The predicted molar refractivity (Wildman–Crippen MR) is 41.8 cm³/mol. The third-order valence-electron chi connectivity index (χ3n) is 1.83. The first-order valence-electron chi connectivity index (χ1n) is 3.76. The van der Waals surface area contributed by atoms with Crippen molar-refractivity contribution in [3.63, 3.8) is 0 Å². The maximum atomic E-state index is 10.8. The molecule has 1 N–H and O–H groups in total. The number of cyclic esters (lactones) is 1. The molecule has 0 aromatic heterocycles. The van der Waals surface area contributed by atoms with E-state index in [9.17, 15) is 9.59 Å². The van der Waals surface area contributed by atoms with Crippen LogP contribution in [0.5, 0.6) is 0 Å². The molecule has 1 aliphatic heterocycles. The van der Waals surface area contributed by atoms with Crippen LogP contribution in [0.3, 0.4) is 0 Å². The predicted octanol–water partition coefficient (Wildman–Crippen LogP) is 0.307. The maximum Gasteiger partial charge on any atom is 0.374 e. The Labute approximate surface area is 74.9 Å². The first kappa shape index (κ1) is 9.57. The van der Waals surface area contributed by atoms with Crippen molar-refractivity contribution in [2.24, 2.45) is 0 Å². The minimum atomic E-state index is -0.786. The van der Waals surface area contributed by atoms with Crippen LogP contribution < -0.4 is 0 Å². The van der Waals surface area contributed by atoms with E-state index in [-0.39, 0.29) is 12.0 Å². The molecule has 0 spiro atoms. The van der Waals surface area contributed by atoms with Gasteiger partial charge in [-0.3, -0.25) is 4.79 Å². The monoisotopic (exact) mass is 186 g/mol. The van der Waals surface area contributed by atoms with Crippen molar-refractivity contribution in [2.75, 3.05) is 7.11 Å². The van der Waals surface area contributed by atoms with Gasteiger partial charge in [0.05, 0.1) is 13.5 Å². The number of aliphatic hydroxyl groups excluding tert-OH is 1. The van der Waals surface area contributed by atoms with Gasteiger partial charge in [-0.1, -0.05) is 0 Å². The van der Waals surface area contributed by atoms with Gasteiger partial charge in [0.1, 0.15) is 6.10 Å². The van der Waals surface area contributed by atoms with E-state index in [0.717, 1.165) is 0 Å². The molecule has 0 amide bonds. The molecule has 0 saturated carbocycles. The molecule has 5 nitrogen and oxygen atoms in total. The van der Waals surface area contributed by atoms with Crippen molar-refractivity contribution >= 4 is 11.9 Å². The molecule has 0 radical (unpaired) electrons. The standard InChI is InChI=1S/C8H10O5/c1-4-5(3-6(9)12-2)7(10)8(11)13-4/h4,10H,3H2,1-2H3/t4-/m0/s1. The molecule has 0 unspecified atom stereocenters. The molecule has 13 heavy (non-hydrogen) atoms. The van der Waals surface area contributed by atoms with Gasteiger partial charge in [0.2, 0.25) is 5.76 Å². The molecule has 0 bridgehead atoms. The summed E-state index contributed by atoms with van der Waals surface area (Å²) in [5, 5.41) is 9.17. The molecule has 0 aliphatic carbocycles. The zero-order chi connectivity index (χ0) is 10.0. The molecule has 1 rings (SSSR count). The summed E-state index contributed by atoms with van der Waals surface area (Å²) >= 11 is 0. The highest BCUT2D eigenvalue weighted by atomic mass is 16.6. The first-order valence-corrected chi connectivity index (χ1v) is 3.76. The second kappa shape index (κ2) is 3.47. The maximum absolute atomic E-state index is 10.8. The third kappa shape index (κ3) is 1.80. The number of carbonyl (C=O) groups excluding carboxylic acids is 2. The summed E-state index contributed by atoms with van der Waals surface area (Å²) in [5.74, 6) is -1.77. The topological polar surface area (TPSA) is 72.8 Å². The fourth-order valence-corrected chi connectivity index (χ4v) is 1.07. The van der Waals surface area contributed by atoms with Crippen molar-refractivity contribution < 1.29 is 24.2 Å². The first-order chi connectivity index (χ1) is 6.06. The molecular weight excluding hydrogens is 176 g/mol. The van der Waals surface area contributed by atoms with Gasteiger partial charge in [-0.15, -0.1) is 0 Å². The van der Waals surface area contributed by atoms with Gasteiger partial charge in [0.25, 0.3) is 0 Å². The highest BCUT2D eigenvalue weighted by Crippen LogP contribution is 2.23. The molecule has 72 valence electrons. The van der Waals surface area contributed by atoms with Crippen LogP contribution in [0.25, 0.3) is 0 Å². The second-order valence-corrected chi connectivity index (χ2v) is 2.67. The van der Waals surface area contributed by atoms with Crippen LogP contribution in [0.15, 0.2) is 11.3 Å². The van der Waals surface area contributed by atoms with Crippen molar-refractivity contribution in [1.82, 2.24) is 0 Å². The lowest BCUT2D eigenvalue weighted by Gasteiger charge is -2.05. The Morgan fingerprint density at radius 3 is 2.69 bits per heavy atom. The Kier molecular flexibility index (Phi) is 2.55. The zero-order valence-electron chi connectivity index (χ0n) is 7.36. The Balaban J connectivity index is 2.77. The Morgan fingerprint density at radius 2 is 2.31 bits per heavy atom. The molecule has 1 atom stereocenters. The lowest BCUT2D eigenvalue weighted by molar-refractivity contribution is -0.142. The Morgan fingerprint density at radius 1 is 1.69 bits per heavy atom. The van der Waals surface area contributed by atoms with E-state index in [1.165, 1.54) is 7.11 Å². The number of hydrogen-bond donors (Lipinski definition) is 1. The molecule has 0 saturated heterocycles. The summed E-state index contributed by atoms with van der Waals surface area (Å²) in [6, 6.07) is 0. The quantitative estimate of drug-likeness (QED) is 0.628. The van der Waals surface area contributed by atoms with E-state index in [1.54, 1.807) is 6.92 Å². The van der Waals surface area contributed by atoms with E-state index >= 15 is 0 Å². The summed E-state index contributed by atoms with van der Waals surface area (Å²) in [6.45, 7) is 1.58. The minimum Gasteiger partial charge on any atom is -0.502 e. The number of hydrogen-bond acceptors (Lipinski definition) is 5. The highest BCUT2D eigenvalue weighted by Gasteiger charge is 2.32. The summed E-state index contributed by atoms with van der Waals surface area (Å²) in [7, 11) is 1.24. The van der Waals surface area contributed by atoms with Gasteiger partial charge in [0.15, 0.2) is 0 Å². The molecular formula is C8H10O5. The zero-order valence-corrected chi connectivity index (χ0v) is 7.36. The van der Waals surface area contributed by atoms with Crippen molar-refractivity contribution in [3.05, 3.63) is 11.3 Å². The van der Waals surface area contributed by atoms with Crippen molar-refractivity contribution in [2.45, 2.75) is 19.4 Å². The molecule has 1 heterocycles. The highest BCUT2D eigenvalue weighted by molar-refractivity contribution is 5.91. The van der Waals surface area contributed by atoms with Crippen LogP contribution in [-0.4, -0.2) is 30.3 Å². The average Bonchev–Trinajstić information content (AvgIpc) is 2.32. The van der Waals surface area contributed by atoms with E-state index < -0.39 is 23.8 Å². The third-order valence-corrected chi connectivity index (χ3v) is 1.83. The summed E-state index contributed by atoms with van der Waals surface area (Å²) in [5.41, 5.74) is 0.275. The molecule has 1 aliphatic rings. The van der Waals surface area contributed by atoms with Crippen LogP contribution in [0.4, 0.5) is 0 Å². The second-order valence-electron chi connectivity index (χ2n) is 2.67. The SMILES string of the molecule is COC(=O)CC1=C(O)C(=O)O[C@H]1C. The molecule has 0 aromatic carbocycles. The minimum absolute atomic E-state index is 0.116. The van der Waals surface area contributed by atoms with E-state index in [2.05, 4.69) is 9.47 Å². The Hall–Kier alpha value is -1.52. The summed E-state index contributed by atoms with van der Waals surface area (Å²) in [6.07, 6.45) is -0.665. The molecule has 5 heteroatoms. The van der Waals surface area contributed by atoms with Crippen molar-refractivity contribution in [1.29, 1.82) is 0 Å². The van der Waals surface area contributed by atoms with Gasteiger partial charge >= 0.3 is 11.9 Å².